The van der Waals surface area contributed by atoms with E-state index in [1.165, 1.54) is 11.3 Å². The second-order valence-electron chi connectivity index (χ2n) is 5.73. The van der Waals surface area contributed by atoms with Crippen molar-refractivity contribution in [3.8, 4) is 11.1 Å². The van der Waals surface area contributed by atoms with Crippen LogP contribution in [0.3, 0.4) is 0 Å². The van der Waals surface area contributed by atoms with Crippen molar-refractivity contribution in [1.82, 2.24) is 19.9 Å². The average molecular weight is 398 g/mol. The molecule has 4 aromatic rings. The number of anilines is 3. The van der Waals surface area contributed by atoms with Gasteiger partial charge in [-0.15, -0.1) is 11.3 Å². The Morgan fingerprint density at radius 2 is 2.00 bits per heavy atom. The predicted octanol–water partition coefficient (Wildman–Crippen LogP) is 3.26. The molecule has 0 saturated heterocycles. The highest BCUT2D eigenvalue weighted by molar-refractivity contribution is 7.92. The van der Waals surface area contributed by atoms with E-state index < -0.39 is 10.0 Å². The summed E-state index contributed by atoms with van der Waals surface area (Å²) in [7, 11) is -3.34. The normalized spacial score (nSPS) is 11.4. The fourth-order valence-electron chi connectivity index (χ4n) is 2.54. The van der Waals surface area contributed by atoms with E-state index in [1.54, 1.807) is 43.0 Å². The molecule has 0 aliphatic carbocycles. The molecule has 0 unspecified atom stereocenters. The van der Waals surface area contributed by atoms with Crippen LogP contribution in [0.15, 0.2) is 54.4 Å². The number of nitrogens with one attached hydrogen (secondary N) is 2. The zero-order valence-corrected chi connectivity index (χ0v) is 15.8. The number of benzene rings is 1. The minimum atomic E-state index is -3.34. The van der Waals surface area contributed by atoms with Crippen molar-refractivity contribution in [2.45, 2.75) is 0 Å². The summed E-state index contributed by atoms with van der Waals surface area (Å²) in [6.45, 7) is 0. The molecule has 4 rings (SSSR count). The number of fused-ring (bicyclic) bond motifs is 1. The van der Waals surface area contributed by atoms with Crippen LogP contribution in [0.1, 0.15) is 0 Å². The van der Waals surface area contributed by atoms with Crippen LogP contribution in [-0.4, -0.2) is 34.6 Å². The highest BCUT2D eigenvalue weighted by Crippen LogP contribution is 2.34. The van der Waals surface area contributed by atoms with Crippen LogP contribution < -0.4 is 10.0 Å². The third-order valence-corrected chi connectivity index (χ3v) is 5.11. The highest BCUT2D eigenvalue weighted by Gasteiger charge is 2.11. The van der Waals surface area contributed by atoms with E-state index in [2.05, 4.69) is 30.0 Å². The Hall–Kier alpha value is -3.11. The molecular weight excluding hydrogens is 384 g/mol. The van der Waals surface area contributed by atoms with E-state index in [-0.39, 0.29) is 0 Å². The lowest BCUT2D eigenvalue weighted by Gasteiger charge is -2.07. The second kappa shape index (κ2) is 6.89. The van der Waals surface area contributed by atoms with Crippen molar-refractivity contribution in [1.29, 1.82) is 0 Å². The van der Waals surface area contributed by atoms with Gasteiger partial charge in [0.1, 0.15) is 0 Å². The van der Waals surface area contributed by atoms with Gasteiger partial charge in [-0.3, -0.25) is 9.71 Å². The molecule has 0 bridgehead atoms. The third kappa shape index (κ3) is 4.01. The molecule has 0 aliphatic rings. The molecule has 0 aliphatic heterocycles. The van der Waals surface area contributed by atoms with Crippen molar-refractivity contribution in [2.75, 3.05) is 16.3 Å². The van der Waals surface area contributed by atoms with Crippen LogP contribution in [-0.2, 0) is 10.0 Å². The standard InChI is InChI=1S/C17H14N6O2S2/c1-27(24,25)23-12-4-2-3-11(7-12)13-10-26-14-8-20-17(22-16(13)14)21-15-9-18-5-6-19-15/h2-10,23H,1H3,(H,19,20,21,22). The first kappa shape index (κ1) is 17.3. The molecule has 3 aromatic heterocycles. The molecule has 136 valence electrons. The smallest absolute Gasteiger partial charge is 0.229 e. The van der Waals surface area contributed by atoms with Crippen LogP contribution in [0.25, 0.3) is 21.3 Å². The zero-order valence-electron chi connectivity index (χ0n) is 14.1. The van der Waals surface area contributed by atoms with Crippen molar-refractivity contribution >= 4 is 49.0 Å². The van der Waals surface area contributed by atoms with Gasteiger partial charge >= 0.3 is 0 Å². The van der Waals surface area contributed by atoms with E-state index in [4.69, 9.17) is 0 Å². The second-order valence-corrected chi connectivity index (χ2v) is 8.39. The maximum absolute atomic E-state index is 11.5. The highest BCUT2D eigenvalue weighted by atomic mass is 32.2. The summed E-state index contributed by atoms with van der Waals surface area (Å²) in [4.78, 5) is 17.1. The summed E-state index contributed by atoms with van der Waals surface area (Å²) in [6, 6.07) is 7.19. The Labute approximate surface area is 159 Å². The van der Waals surface area contributed by atoms with Crippen molar-refractivity contribution < 1.29 is 8.42 Å². The Kier molecular flexibility index (Phi) is 4.42. The molecule has 10 heteroatoms. The first-order chi connectivity index (χ1) is 13.0. The minimum absolute atomic E-state index is 0.410. The van der Waals surface area contributed by atoms with Crippen molar-refractivity contribution in [3.05, 3.63) is 54.4 Å². The largest absolute Gasteiger partial charge is 0.307 e. The Balaban J connectivity index is 1.72. The van der Waals surface area contributed by atoms with E-state index in [1.807, 2.05) is 11.4 Å². The SMILES string of the molecule is CS(=O)(=O)Nc1cccc(-c2csc3cnc(Nc4cnccn4)nc23)c1. The maximum atomic E-state index is 11.5. The molecule has 0 spiro atoms. The van der Waals surface area contributed by atoms with Gasteiger partial charge in [0.25, 0.3) is 0 Å². The summed E-state index contributed by atoms with van der Waals surface area (Å²) >= 11 is 1.52. The molecule has 0 radical (unpaired) electrons. The summed E-state index contributed by atoms with van der Waals surface area (Å²) in [5, 5.41) is 5.00. The zero-order chi connectivity index (χ0) is 18.9. The Morgan fingerprint density at radius 1 is 1.11 bits per heavy atom. The van der Waals surface area contributed by atoms with Gasteiger partial charge in [-0.25, -0.2) is 23.4 Å². The molecule has 2 N–H and O–H groups in total. The molecule has 0 amide bonds. The molecule has 27 heavy (non-hydrogen) atoms. The number of nitrogens with zero attached hydrogens (tertiary/aromatic N) is 4. The van der Waals surface area contributed by atoms with Crippen LogP contribution in [0.4, 0.5) is 17.5 Å². The number of hydrogen-bond acceptors (Lipinski definition) is 8. The van der Waals surface area contributed by atoms with Gasteiger partial charge < -0.3 is 5.32 Å². The molecule has 3 heterocycles. The molecule has 8 nitrogen and oxygen atoms in total. The van der Waals surface area contributed by atoms with Crippen molar-refractivity contribution in [2.24, 2.45) is 0 Å². The third-order valence-electron chi connectivity index (χ3n) is 3.59. The van der Waals surface area contributed by atoms with Gasteiger partial charge in [0.15, 0.2) is 5.82 Å². The van der Waals surface area contributed by atoms with Gasteiger partial charge in [0, 0.05) is 29.0 Å². The van der Waals surface area contributed by atoms with E-state index in [9.17, 15) is 8.42 Å². The average Bonchev–Trinajstić information content (AvgIpc) is 3.05. The lowest BCUT2D eigenvalue weighted by molar-refractivity contribution is 0.607. The minimum Gasteiger partial charge on any atom is -0.307 e. The summed E-state index contributed by atoms with van der Waals surface area (Å²) < 4.78 is 26.4. The van der Waals surface area contributed by atoms with E-state index in [0.717, 1.165) is 27.6 Å². The lowest BCUT2D eigenvalue weighted by atomic mass is 10.1. The van der Waals surface area contributed by atoms with Crippen LogP contribution in [0.5, 0.6) is 0 Å². The van der Waals surface area contributed by atoms with E-state index in [0.29, 0.717) is 17.5 Å². The lowest BCUT2D eigenvalue weighted by Crippen LogP contribution is -2.09. The number of thiophene rings is 1. The van der Waals surface area contributed by atoms with Crippen LogP contribution in [0, 0.1) is 0 Å². The number of aromatic nitrogens is 4. The number of rotatable bonds is 5. The summed E-state index contributed by atoms with van der Waals surface area (Å²) in [5.74, 6) is 0.959. The molecule has 0 saturated carbocycles. The first-order valence-corrected chi connectivity index (χ1v) is 10.6. The fraction of sp³-hybridized carbons (Fsp3) is 0.0588. The Bertz CT molecular complexity index is 1210. The molecule has 1 aromatic carbocycles. The molecular formula is C17H14N6O2S2. The van der Waals surface area contributed by atoms with Gasteiger partial charge in [-0.05, 0) is 17.7 Å². The predicted molar refractivity (Wildman–Crippen MR) is 107 cm³/mol. The Morgan fingerprint density at radius 3 is 2.78 bits per heavy atom. The fourth-order valence-corrected chi connectivity index (χ4v) is 3.96. The quantitative estimate of drug-likeness (QED) is 0.531. The first-order valence-electron chi connectivity index (χ1n) is 7.83. The summed E-state index contributed by atoms with van der Waals surface area (Å²) in [5.41, 5.74) is 3.04. The van der Waals surface area contributed by atoms with Gasteiger partial charge in [-0.1, -0.05) is 12.1 Å². The molecule has 0 atom stereocenters. The number of hydrogen-bond donors (Lipinski definition) is 2. The van der Waals surface area contributed by atoms with Crippen LogP contribution in [0.2, 0.25) is 0 Å². The summed E-state index contributed by atoms with van der Waals surface area (Å²) in [6.07, 6.45) is 7.62. The topological polar surface area (TPSA) is 110 Å². The maximum Gasteiger partial charge on any atom is 0.229 e. The van der Waals surface area contributed by atoms with E-state index >= 15 is 0 Å². The monoisotopic (exact) mass is 398 g/mol. The van der Waals surface area contributed by atoms with Crippen molar-refractivity contribution in [3.63, 3.8) is 0 Å². The van der Waals surface area contributed by atoms with Gasteiger partial charge in [0.2, 0.25) is 16.0 Å². The number of sulfonamides is 1. The van der Waals surface area contributed by atoms with Gasteiger partial charge in [-0.2, -0.15) is 0 Å². The molecule has 0 fully saturated rings. The van der Waals surface area contributed by atoms with Gasteiger partial charge in [0.05, 0.1) is 28.9 Å². The van der Waals surface area contributed by atoms with Crippen LogP contribution >= 0.6 is 11.3 Å².